The van der Waals surface area contributed by atoms with Gasteiger partial charge in [-0.25, -0.2) is 10.2 Å². The van der Waals surface area contributed by atoms with Gasteiger partial charge in [0, 0.05) is 5.02 Å². The van der Waals surface area contributed by atoms with Crippen LogP contribution in [0.1, 0.15) is 5.56 Å². The smallest absolute Gasteiger partial charge is 0.332 e. The number of nitrogens with zero attached hydrogens (tertiary/aromatic N) is 1. The van der Waals surface area contributed by atoms with Crippen LogP contribution in [0.25, 0.3) is 11.1 Å². The topological polar surface area (TPSA) is 67.5 Å². The van der Waals surface area contributed by atoms with Crippen LogP contribution in [0.5, 0.6) is 0 Å². The van der Waals surface area contributed by atoms with Crippen LogP contribution in [-0.2, 0) is 0 Å². The number of nitrogens with one attached hydrogen (secondary N) is 1. The van der Waals surface area contributed by atoms with Gasteiger partial charge in [-0.15, -0.1) is 0 Å². The fraction of sp³-hybridized carbons (Fsp3) is 0. The Labute approximate surface area is 115 Å². The number of carbonyl (C=O) groups is 1. The standard InChI is InChI=1S/C14H12ClN3O/c15-13-7-5-12(6-8-13)11-3-1-10(2-4-11)9-17-18-14(16)19/h1-9H,(H3,16,18,19). The summed E-state index contributed by atoms with van der Waals surface area (Å²) in [5.41, 5.74) is 10.1. The lowest BCUT2D eigenvalue weighted by Crippen LogP contribution is -2.24. The molecule has 0 atom stereocenters. The molecule has 2 aromatic rings. The van der Waals surface area contributed by atoms with Crippen molar-refractivity contribution < 1.29 is 4.79 Å². The van der Waals surface area contributed by atoms with Crippen molar-refractivity contribution in [1.29, 1.82) is 0 Å². The highest BCUT2D eigenvalue weighted by Gasteiger charge is 1.97. The summed E-state index contributed by atoms with van der Waals surface area (Å²) in [6.07, 6.45) is 1.52. The van der Waals surface area contributed by atoms with Crippen LogP contribution in [0.2, 0.25) is 5.02 Å². The fourth-order valence-corrected chi connectivity index (χ4v) is 1.70. The molecule has 0 aliphatic carbocycles. The summed E-state index contributed by atoms with van der Waals surface area (Å²) in [5.74, 6) is 0. The number of nitrogens with two attached hydrogens (primary N) is 1. The van der Waals surface area contributed by atoms with Crippen molar-refractivity contribution in [1.82, 2.24) is 5.43 Å². The van der Waals surface area contributed by atoms with Gasteiger partial charge in [0.1, 0.15) is 0 Å². The zero-order valence-electron chi connectivity index (χ0n) is 10.0. The zero-order chi connectivity index (χ0) is 13.7. The third kappa shape index (κ3) is 3.82. The number of hydrogen-bond acceptors (Lipinski definition) is 2. The van der Waals surface area contributed by atoms with Crippen molar-refractivity contribution in [3.63, 3.8) is 0 Å². The molecule has 0 fully saturated rings. The molecule has 96 valence electrons. The van der Waals surface area contributed by atoms with Crippen LogP contribution in [0, 0.1) is 0 Å². The summed E-state index contributed by atoms with van der Waals surface area (Å²) < 4.78 is 0. The average Bonchev–Trinajstić information content (AvgIpc) is 2.40. The molecular weight excluding hydrogens is 262 g/mol. The number of rotatable bonds is 3. The van der Waals surface area contributed by atoms with Gasteiger partial charge in [0.15, 0.2) is 0 Å². The number of primary amides is 1. The molecule has 0 aliphatic rings. The molecule has 4 nitrogen and oxygen atoms in total. The molecule has 2 aromatic carbocycles. The van der Waals surface area contributed by atoms with E-state index in [9.17, 15) is 4.79 Å². The lowest BCUT2D eigenvalue weighted by atomic mass is 10.0. The number of halogens is 1. The first-order valence-corrected chi connectivity index (χ1v) is 5.97. The maximum atomic E-state index is 10.4. The quantitative estimate of drug-likeness (QED) is 0.655. The molecule has 0 aromatic heterocycles. The third-order valence-electron chi connectivity index (χ3n) is 2.48. The summed E-state index contributed by atoms with van der Waals surface area (Å²) in [7, 11) is 0. The van der Waals surface area contributed by atoms with Crippen molar-refractivity contribution in [3.05, 3.63) is 59.1 Å². The van der Waals surface area contributed by atoms with Crippen LogP contribution >= 0.6 is 11.6 Å². The Morgan fingerprint density at radius 3 is 2.11 bits per heavy atom. The van der Waals surface area contributed by atoms with Gasteiger partial charge in [-0.2, -0.15) is 5.10 Å². The number of hydrogen-bond donors (Lipinski definition) is 2. The first-order chi connectivity index (χ1) is 9.15. The fourth-order valence-electron chi connectivity index (χ4n) is 1.57. The normalized spacial score (nSPS) is 10.6. The van der Waals surface area contributed by atoms with Gasteiger partial charge in [0.2, 0.25) is 0 Å². The summed E-state index contributed by atoms with van der Waals surface area (Å²) in [5, 5.41) is 4.40. The Morgan fingerprint density at radius 1 is 1.05 bits per heavy atom. The first kappa shape index (κ1) is 13.1. The number of amides is 2. The van der Waals surface area contributed by atoms with Crippen molar-refractivity contribution >= 4 is 23.8 Å². The molecule has 0 heterocycles. The number of hydrazone groups is 1. The Bertz CT molecular complexity index is 591. The Morgan fingerprint density at radius 2 is 1.58 bits per heavy atom. The molecular formula is C14H12ClN3O. The predicted molar refractivity (Wildman–Crippen MR) is 77.2 cm³/mol. The van der Waals surface area contributed by atoms with Gasteiger partial charge >= 0.3 is 6.03 Å². The molecule has 2 amide bonds. The molecule has 0 saturated carbocycles. The Kier molecular flexibility index (Phi) is 4.15. The maximum absolute atomic E-state index is 10.4. The summed E-state index contributed by atoms with van der Waals surface area (Å²) >= 11 is 5.85. The van der Waals surface area contributed by atoms with Crippen LogP contribution in [-0.4, -0.2) is 12.2 Å². The van der Waals surface area contributed by atoms with Gasteiger partial charge < -0.3 is 5.73 Å². The molecule has 0 saturated heterocycles. The second kappa shape index (κ2) is 6.02. The summed E-state index contributed by atoms with van der Waals surface area (Å²) in [4.78, 5) is 10.4. The molecule has 3 N–H and O–H groups in total. The second-order valence-corrected chi connectivity index (χ2v) is 4.30. The van der Waals surface area contributed by atoms with Crippen LogP contribution in [0.4, 0.5) is 4.79 Å². The molecule has 0 aliphatic heterocycles. The second-order valence-electron chi connectivity index (χ2n) is 3.86. The van der Waals surface area contributed by atoms with E-state index in [1.165, 1.54) is 6.21 Å². The highest BCUT2D eigenvalue weighted by Crippen LogP contribution is 2.21. The molecule has 0 bridgehead atoms. The molecule has 0 spiro atoms. The monoisotopic (exact) mass is 273 g/mol. The van der Waals surface area contributed by atoms with E-state index >= 15 is 0 Å². The van der Waals surface area contributed by atoms with Gasteiger partial charge in [0.05, 0.1) is 6.21 Å². The van der Waals surface area contributed by atoms with E-state index in [4.69, 9.17) is 17.3 Å². The molecule has 2 rings (SSSR count). The Hall–Kier alpha value is -2.33. The summed E-state index contributed by atoms with van der Waals surface area (Å²) in [6, 6.07) is 14.7. The van der Waals surface area contributed by atoms with E-state index in [2.05, 4.69) is 10.5 Å². The van der Waals surface area contributed by atoms with Crippen molar-refractivity contribution in [3.8, 4) is 11.1 Å². The SMILES string of the molecule is NC(=O)NN=Cc1ccc(-c2ccc(Cl)cc2)cc1. The molecule has 0 radical (unpaired) electrons. The molecule has 5 heteroatoms. The van der Waals surface area contributed by atoms with E-state index in [0.29, 0.717) is 5.02 Å². The van der Waals surface area contributed by atoms with Gasteiger partial charge in [-0.3, -0.25) is 0 Å². The average molecular weight is 274 g/mol. The van der Waals surface area contributed by atoms with E-state index in [0.717, 1.165) is 16.7 Å². The van der Waals surface area contributed by atoms with Crippen molar-refractivity contribution in [2.45, 2.75) is 0 Å². The minimum absolute atomic E-state index is 0.686. The largest absolute Gasteiger partial charge is 0.350 e. The van der Waals surface area contributed by atoms with E-state index < -0.39 is 6.03 Å². The minimum Gasteiger partial charge on any atom is -0.350 e. The van der Waals surface area contributed by atoms with E-state index in [1.807, 2.05) is 48.5 Å². The van der Waals surface area contributed by atoms with Crippen LogP contribution < -0.4 is 11.2 Å². The van der Waals surface area contributed by atoms with Crippen molar-refractivity contribution in [2.75, 3.05) is 0 Å². The Balaban J connectivity index is 2.12. The van der Waals surface area contributed by atoms with Gasteiger partial charge in [0.25, 0.3) is 0 Å². The highest BCUT2D eigenvalue weighted by atomic mass is 35.5. The summed E-state index contributed by atoms with van der Waals surface area (Å²) in [6.45, 7) is 0. The lowest BCUT2D eigenvalue weighted by molar-refractivity contribution is 0.249. The van der Waals surface area contributed by atoms with E-state index in [-0.39, 0.29) is 0 Å². The number of carbonyl (C=O) groups excluding carboxylic acids is 1. The molecule has 0 unspecified atom stereocenters. The third-order valence-corrected chi connectivity index (χ3v) is 2.73. The molecule has 19 heavy (non-hydrogen) atoms. The van der Waals surface area contributed by atoms with Gasteiger partial charge in [-0.1, -0.05) is 48.0 Å². The van der Waals surface area contributed by atoms with E-state index in [1.54, 1.807) is 0 Å². The maximum Gasteiger partial charge on any atom is 0.332 e. The van der Waals surface area contributed by atoms with Crippen LogP contribution in [0.15, 0.2) is 53.6 Å². The van der Waals surface area contributed by atoms with Crippen LogP contribution in [0.3, 0.4) is 0 Å². The zero-order valence-corrected chi connectivity index (χ0v) is 10.8. The van der Waals surface area contributed by atoms with Crippen molar-refractivity contribution in [2.24, 2.45) is 10.8 Å². The predicted octanol–water partition coefficient (Wildman–Crippen LogP) is 3.01. The first-order valence-electron chi connectivity index (χ1n) is 5.59. The minimum atomic E-state index is -0.686. The van der Waals surface area contributed by atoms with Gasteiger partial charge in [-0.05, 0) is 28.8 Å². The lowest BCUT2D eigenvalue weighted by Gasteiger charge is -2.02. The number of benzene rings is 2. The number of urea groups is 1. The highest BCUT2D eigenvalue weighted by molar-refractivity contribution is 6.30.